The summed E-state index contributed by atoms with van der Waals surface area (Å²) in [4.78, 5) is 14.2. The Hall–Kier alpha value is -2.13. The first-order valence-electron chi connectivity index (χ1n) is 5.42. The first-order chi connectivity index (χ1) is 9.48. The van der Waals surface area contributed by atoms with Gasteiger partial charge < -0.3 is 14.6 Å². The van der Waals surface area contributed by atoms with Crippen molar-refractivity contribution in [1.29, 1.82) is 0 Å². The molecule has 0 aromatic carbocycles. The fourth-order valence-electron chi connectivity index (χ4n) is 1.13. The summed E-state index contributed by atoms with van der Waals surface area (Å²) < 4.78 is 70.1. The molecule has 0 saturated carbocycles. The third kappa shape index (κ3) is 6.23. The van der Waals surface area contributed by atoms with Crippen molar-refractivity contribution >= 4 is 5.97 Å². The summed E-state index contributed by atoms with van der Waals surface area (Å²) >= 11 is 0. The summed E-state index contributed by atoms with van der Waals surface area (Å²) in [5.41, 5.74) is -0.571. The maximum Gasteiger partial charge on any atom is 0.422 e. The molecule has 0 aliphatic rings. The molecule has 1 N–H and O–H groups in total. The van der Waals surface area contributed by atoms with E-state index in [0.717, 1.165) is 12.1 Å². The van der Waals surface area contributed by atoms with Gasteiger partial charge in [-0.3, -0.25) is 0 Å². The van der Waals surface area contributed by atoms with Gasteiger partial charge in [-0.1, -0.05) is 0 Å². The molecule has 0 atom stereocenters. The zero-order valence-corrected chi connectivity index (χ0v) is 10.6. The molecule has 1 heterocycles. The number of ether oxygens (including phenoxy) is 2. The van der Waals surface area contributed by atoms with E-state index in [0.29, 0.717) is 6.92 Å². The molecule has 1 aromatic heterocycles. The monoisotopic (exact) mass is 315 g/mol. The maximum absolute atomic E-state index is 12.7. The fourth-order valence-corrected chi connectivity index (χ4v) is 1.13. The number of aromatic carboxylic acids is 1. The summed E-state index contributed by atoms with van der Waals surface area (Å²) in [6, 6.07) is 1.72. The van der Waals surface area contributed by atoms with Crippen molar-refractivity contribution in [3.05, 3.63) is 17.7 Å². The molecule has 0 radical (unpaired) electrons. The topological polar surface area (TPSA) is 68.7 Å². The highest BCUT2D eigenvalue weighted by Crippen LogP contribution is 2.24. The molecule has 0 fully saturated rings. The molecule has 10 heteroatoms. The zero-order valence-electron chi connectivity index (χ0n) is 10.6. The smallest absolute Gasteiger partial charge is 0.422 e. The average molecular weight is 315 g/mol. The fraction of sp³-hybridized carbons (Fsp3) is 0.455. The third-order valence-corrected chi connectivity index (χ3v) is 1.91. The van der Waals surface area contributed by atoms with Crippen LogP contribution in [0.5, 0.6) is 11.8 Å². The number of rotatable bonds is 6. The average Bonchev–Trinajstić information content (AvgIpc) is 2.32. The molecule has 21 heavy (non-hydrogen) atoms. The van der Waals surface area contributed by atoms with Gasteiger partial charge in [-0.25, -0.2) is 13.6 Å². The molecule has 0 saturated heterocycles. The molecule has 0 aliphatic carbocycles. The van der Waals surface area contributed by atoms with Crippen LogP contribution in [-0.4, -0.2) is 41.4 Å². The lowest BCUT2D eigenvalue weighted by molar-refractivity contribution is -0.154. The molecule has 118 valence electrons. The van der Waals surface area contributed by atoms with Crippen molar-refractivity contribution in [2.24, 2.45) is 0 Å². The lowest BCUT2D eigenvalue weighted by atomic mass is 10.2. The van der Waals surface area contributed by atoms with Crippen LogP contribution in [0, 0.1) is 0 Å². The van der Waals surface area contributed by atoms with Crippen molar-refractivity contribution in [2.75, 3.05) is 13.2 Å². The molecule has 0 spiro atoms. The van der Waals surface area contributed by atoms with Crippen LogP contribution >= 0.6 is 0 Å². The van der Waals surface area contributed by atoms with Crippen LogP contribution in [0.15, 0.2) is 12.1 Å². The van der Waals surface area contributed by atoms with Crippen LogP contribution in [0.1, 0.15) is 17.3 Å². The number of hydrogen-bond donors (Lipinski definition) is 1. The van der Waals surface area contributed by atoms with E-state index in [1.54, 1.807) is 0 Å². The van der Waals surface area contributed by atoms with Gasteiger partial charge in [-0.05, 0) is 6.07 Å². The van der Waals surface area contributed by atoms with Gasteiger partial charge in [-0.15, -0.1) is 0 Å². The van der Waals surface area contributed by atoms with Crippen LogP contribution in [0.4, 0.5) is 22.0 Å². The van der Waals surface area contributed by atoms with Gasteiger partial charge in [0, 0.05) is 13.0 Å². The van der Waals surface area contributed by atoms with Gasteiger partial charge in [0.25, 0.3) is 5.92 Å². The van der Waals surface area contributed by atoms with Crippen molar-refractivity contribution in [1.82, 2.24) is 4.98 Å². The molecular weight excluding hydrogens is 305 g/mol. The quantitative estimate of drug-likeness (QED) is 0.818. The van der Waals surface area contributed by atoms with Gasteiger partial charge >= 0.3 is 12.1 Å². The second-order valence-electron chi connectivity index (χ2n) is 4.07. The van der Waals surface area contributed by atoms with E-state index in [1.807, 2.05) is 0 Å². The van der Waals surface area contributed by atoms with Crippen molar-refractivity contribution < 1.29 is 41.3 Å². The predicted octanol–water partition coefficient (Wildman–Crippen LogP) is 2.75. The molecule has 1 rings (SSSR count). The van der Waals surface area contributed by atoms with Crippen molar-refractivity contribution in [2.45, 2.75) is 19.0 Å². The summed E-state index contributed by atoms with van der Waals surface area (Å²) in [7, 11) is 0. The largest absolute Gasteiger partial charge is 0.477 e. The Morgan fingerprint density at radius 1 is 1.19 bits per heavy atom. The minimum Gasteiger partial charge on any atom is -0.477 e. The van der Waals surface area contributed by atoms with Gasteiger partial charge in [0.15, 0.2) is 13.2 Å². The Labute approximate surface area is 115 Å². The highest BCUT2D eigenvalue weighted by molar-refractivity contribution is 5.90. The van der Waals surface area contributed by atoms with E-state index in [2.05, 4.69) is 14.5 Å². The van der Waals surface area contributed by atoms with Crippen LogP contribution in [0.25, 0.3) is 0 Å². The Kier molecular flexibility index (Phi) is 4.92. The number of pyridine rings is 1. The second-order valence-corrected chi connectivity index (χ2v) is 4.07. The number of halogens is 5. The SMILES string of the molecule is CC(F)(F)COc1nc(OCC(F)(F)F)ccc1C(=O)O. The van der Waals surface area contributed by atoms with Crippen LogP contribution in [0.3, 0.4) is 0 Å². The first kappa shape index (κ1) is 16.9. The number of alkyl halides is 5. The number of aromatic nitrogens is 1. The lowest BCUT2D eigenvalue weighted by Gasteiger charge is -2.14. The van der Waals surface area contributed by atoms with Gasteiger partial charge in [0.05, 0.1) is 0 Å². The van der Waals surface area contributed by atoms with Crippen LogP contribution in [-0.2, 0) is 0 Å². The highest BCUT2D eigenvalue weighted by atomic mass is 19.4. The molecular formula is C11H10F5NO4. The minimum absolute atomic E-state index is 0.525. The van der Waals surface area contributed by atoms with E-state index in [1.165, 1.54) is 0 Å². The number of nitrogens with zero attached hydrogens (tertiary/aromatic N) is 1. The number of carbonyl (C=O) groups is 1. The van der Waals surface area contributed by atoms with E-state index in [9.17, 15) is 26.7 Å². The lowest BCUT2D eigenvalue weighted by Crippen LogP contribution is -2.23. The Morgan fingerprint density at radius 2 is 1.81 bits per heavy atom. The van der Waals surface area contributed by atoms with Crippen molar-refractivity contribution in [3.63, 3.8) is 0 Å². The Morgan fingerprint density at radius 3 is 2.29 bits per heavy atom. The molecule has 0 bridgehead atoms. The van der Waals surface area contributed by atoms with Gasteiger partial charge in [0.2, 0.25) is 11.8 Å². The third-order valence-electron chi connectivity index (χ3n) is 1.91. The Balaban J connectivity index is 2.93. The van der Waals surface area contributed by atoms with Crippen molar-refractivity contribution in [3.8, 4) is 11.8 Å². The minimum atomic E-state index is -4.62. The summed E-state index contributed by atoms with van der Waals surface area (Å²) in [5, 5.41) is 8.82. The van der Waals surface area contributed by atoms with E-state index >= 15 is 0 Å². The standard InChI is InChI=1S/C11H10F5NO4/c1-10(12,13)4-21-8-6(9(18)19)2-3-7(17-8)20-5-11(14,15)16/h2-3H,4-5H2,1H3,(H,18,19). The number of carboxylic acid groups (broad SMARTS) is 1. The molecule has 0 unspecified atom stereocenters. The van der Waals surface area contributed by atoms with Crippen LogP contribution in [0.2, 0.25) is 0 Å². The Bertz CT molecular complexity index is 512. The number of carboxylic acids is 1. The first-order valence-corrected chi connectivity index (χ1v) is 5.42. The highest BCUT2D eigenvalue weighted by Gasteiger charge is 2.29. The van der Waals surface area contributed by atoms with E-state index in [4.69, 9.17) is 5.11 Å². The zero-order chi connectivity index (χ0) is 16.3. The summed E-state index contributed by atoms with van der Waals surface area (Å²) in [6.45, 7) is -2.31. The number of hydrogen-bond acceptors (Lipinski definition) is 4. The van der Waals surface area contributed by atoms with E-state index < -0.39 is 48.6 Å². The predicted molar refractivity (Wildman–Crippen MR) is 58.9 cm³/mol. The van der Waals surface area contributed by atoms with Gasteiger partial charge in [0.1, 0.15) is 5.56 Å². The molecule has 1 aromatic rings. The van der Waals surface area contributed by atoms with Crippen LogP contribution < -0.4 is 9.47 Å². The second kappa shape index (κ2) is 6.10. The summed E-state index contributed by atoms with van der Waals surface area (Å²) in [6.07, 6.45) is -4.62. The molecule has 0 amide bonds. The molecule has 0 aliphatic heterocycles. The van der Waals surface area contributed by atoms with Gasteiger partial charge in [-0.2, -0.15) is 18.2 Å². The maximum atomic E-state index is 12.7. The summed E-state index contributed by atoms with van der Waals surface area (Å²) in [5.74, 6) is -6.13. The normalized spacial score (nSPS) is 12.1. The van der Waals surface area contributed by atoms with E-state index in [-0.39, 0.29) is 0 Å². The molecule has 5 nitrogen and oxygen atoms in total.